The fraction of sp³-hybridized carbons (Fsp3) is 0.167. The van der Waals surface area contributed by atoms with Crippen molar-refractivity contribution in [3.05, 3.63) is 93.7 Å². The number of carbonyl (C=O) groups excluding carboxylic acids is 2. The first kappa shape index (κ1) is 24.1. The summed E-state index contributed by atoms with van der Waals surface area (Å²) in [6, 6.07) is 16.0. The average molecular weight is 546 g/mol. The first-order chi connectivity index (χ1) is 16.1. The molecule has 34 heavy (non-hydrogen) atoms. The first-order valence-corrected chi connectivity index (χ1v) is 12.5. The first-order valence-electron chi connectivity index (χ1n) is 10.3. The van der Waals surface area contributed by atoms with E-state index in [1.54, 1.807) is 24.3 Å². The maximum Gasteiger partial charge on any atom is 0.255 e. The zero-order chi connectivity index (χ0) is 24.6. The lowest BCUT2D eigenvalue weighted by Gasteiger charge is -2.31. The number of anilines is 1. The third-order valence-corrected chi connectivity index (χ3v) is 7.86. The number of sulfonamides is 1. The predicted molar refractivity (Wildman–Crippen MR) is 129 cm³/mol. The van der Waals surface area contributed by atoms with E-state index >= 15 is 0 Å². The molecular weight excluding hydrogens is 525 g/mol. The van der Waals surface area contributed by atoms with Crippen molar-refractivity contribution in [2.75, 3.05) is 26.0 Å². The summed E-state index contributed by atoms with van der Waals surface area (Å²) in [5.74, 6) is -1.27. The van der Waals surface area contributed by atoms with Gasteiger partial charge in [0.2, 0.25) is 15.9 Å². The van der Waals surface area contributed by atoms with Crippen LogP contribution in [0.15, 0.2) is 76.1 Å². The van der Waals surface area contributed by atoms with Gasteiger partial charge in [0, 0.05) is 35.4 Å². The van der Waals surface area contributed by atoms with Gasteiger partial charge >= 0.3 is 0 Å². The number of halogens is 2. The van der Waals surface area contributed by atoms with Crippen LogP contribution >= 0.6 is 15.9 Å². The molecule has 0 aromatic heterocycles. The van der Waals surface area contributed by atoms with E-state index in [4.69, 9.17) is 0 Å². The van der Waals surface area contributed by atoms with Crippen molar-refractivity contribution in [1.29, 1.82) is 0 Å². The molecule has 10 heteroatoms. The number of rotatable bonds is 4. The van der Waals surface area contributed by atoms with Crippen LogP contribution in [0.3, 0.4) is 0 Å². The Bertz CT molecular complexity index is 1360. The molecule has 0 radical (unpaired) electrons. The molecule has 0 fully saturated rings. The van der Waals surface area contributed by atoms with E-state index in [0.29, 0.717) is 16.8 Å². The molecule has 1 N–H and O–H groups in total. The van der Waals surface area contributed by atoms with E-state index in [2.05, 4.69) is 21.2 Å². The standard InChI is InChI=1S/C24H21BrFN3O4S/c1-28(2)34(32,33)19-10-5-16(6-11-19)24(31)29-14-22(30)27-21-12-7-17(25)13-20(21)23(29)15-3-8-18(26)9-4-15/h3-13,23H,14H2,1-2H3,(H,27,30)/t23-/m0/s1. The number of benzene rings is 3. The molecule has 1 aliphatic heterocycles. The Labute approximate surface area is 205 Å². The summed E-state index contributed by atoms with van der Waals surface area (Å²) < 4.78 is 40.3. The Hall–Kier alpha value is -3.08. The molecule has 0 unspecified atom stereocenters. The third-order valence-electron chi connectivity index (χ3n) is 5.53. The van der Waals surface area contributed by atoms with Crippen molar-refractivity contribution in [1.82, 2.24) is 9.21 Å². The van der Waals surface area contributed by atoms with Gasteiger partial charge < -0.3 is 10.2 Å². The fourth-order valence-corrected chi connectivity index (χ4v) is 5.10. The molecule has 7 nitrogen and oxygen atoms in total. The highest BCUT2D eigenvalue weighted by molar-refractivity contribution is 9.10. The molecule has 0 saturated carbocycles. The van der Waals surface area contributed by atoms with Crippen LogP contribution in [-0.4, -0.2) is 50.1 Å². The quantitative estimate of drug-likeness (QED) is 0.536. The normalized spacial score (nSPS) is 16.1. The van der Waals surface area contributed by atoms with E-state index in [-0.39, 0.29) is 22.9 Å². The number of hydrogen-bond donors (Lipinski definition) is 1. The second kappa shape index (κ2) is 9.28. The Morgan fingerprint density at radius 1 is 1.06 bits per heavy atom. The lowest BCUT2D eigenvalue weighted by Crippen LogP contribution is -2.39. The van der Waals surface area contributed by atoms with Gasteiger partial charge in [-0.15, -0.1) is 0 Å². The smallest absolute Gasteiger partial charge is 0.255 e. The van der Waals surface area contributed by atoms with Gasteiger partial charge in [0.15, 0.2) is 0 Å². The third kappa shape index (κ3) is 4.61. The van der Waals surface area contributed by atoms with Crippen molar-refractivity contribution in [3.8, 4) is 0 Å². The number of nitrogens with one attached hydrogen (secondary N) is 1. The van der Waals surface area contributed by atoms with E-state index < -0.39 is 27.8 Å². The van der Waals surface area contributed by atoms with E-state index in [1.807, 2.05) is 6.07 Å². The minimum absolute atomic E-state index is 0.0482. The van der Waals surface area contributed by atoms with Crippen LogP contribution < -0.4 is 5.32 Å². The molecule has 0 bridgehead atoms. The molecule has 1 aliphatic rings. The van der Waals surface area contributed by atoms with Gasteiger partial charge in [-0.05, 0) is 60.2 Å². The number of carbonyl (C=O) groups is 2. The van der Waals surface area contributed by atoms with Crippen molar-refractivity contribution in [2.24, 2.45) is 0 Å². The molecule has 0 saturated heterocycles. The molecule has 176 valence electrons. The molecule has 1 heterocycles. The summed E-state index contributed by atoms with van der Waals surface area (Å²) in [5.41, 5.74) is 2.05. The summed E-state index contributed by atoms with van der Waals surface area (Å²) in [4.78, 5) is 27.8. The zero-order valence-electron chi connectivity index (χ0n) is 18.3. The molecule has 2 amide bonds. The minimum atomic E-state index is -3.66. The highest BCUT2D eigenvalue weighted by Crippen LogP contribution is 2.38. The molecular formula is C24H21BrFN3O4S. The van der Waals surface area contributed by atoms with Gasteiger partial charge in [0.25, 0.3) is 5.91 Å². The zero-order valence-corrected chi connectivity index (χ0v) is 20.7. The van der Waals surface area contributed by atoms with Crippen LogP contribution in [0.1, 0.15) is 27.5 Å². The van der Waals surface area contributed by atoms with Gasteiger partial charge in [0.05, 0.1) is 10.9 Å². The predicted octanol–water partition coefficient (Wildman–Crippen LogP) is 4.02. The van der Waals surface area contributed by atoms with E-state index in [1.165, 1.54) is 55.4 Å². The van der Waals surface area contributed by atoms with E-state index in [0.717, 1.165) is 8.78 Å². The largest absolute Gasteiger partial charge is 0.324 e. The van der Waals surface area contributed by atoms with Crippen LogP contribution in [0.25, 0.3) is 0 Å². The molecule has 0 aliphatic carbocycles. The van der Waals surface area contributed by atoms with Gasteiger partial charge in [0.1, 0.15) is 12.4 Å². The number of amides is 2. The Balaban J connectivity index is 1.81. The lowest BCUT2D eigenvalue weighted by atomic mass is 9.95. The highest BCUT2D eigenvalue weighted by atomic mass is 79.9. The van der Waals surface area contributed by atoms with Crippen LogP contribution in [0.5, 0.6) is 0 Å². The molecule has 3 aromatic rings. The average Bonchev–Trinajstić information content (AvgIpc) is 2.95. The van der Waals surface area contributed by atoms with Crippen LogP contribution in [0.2, 0.25) is 0 Å². The summed E-state index contributed by atoms with van der Waals surface area (Å²) >= 11 is 3.45. The highest BCUT2D eigenvalue weighted by Gasteiger charge is 2.34. The Morgan fingerprint density at radius 2 is 1.71 bits per heavy atom. The SMILES string of the molecule is CN(C)S(=O)(=O)c1ccc(C(=O)N2CC(=O)Nc3ccc(Br)cc3[C@@H]2c2ccc(F)cc2)cc1. The second-order valence-electron chi connectivity index (χ2n) is 7.98. The van der Waals surface area contributed by atoms with Crippen molar-refractivity contribution < 1.29 is 22.4 Å². The van der Waals surface area contributed by atoms with Gasteiger partial charge in [-0.2, -0.15) is 0 Å². The second-order valence-corrected chi connectivity index (χ2v) is 11.0. The van der Waals surface area contributed by atoms with Crippen LogP contribution in [0.4, 0.5) is 10.1 Å². The van der Waals surface area contributed by atoms with Crippen molar-refractivity contribution >= 4 is 43.5 Å². The fourth-order valence-electron chi connectivity index (χ4n) is 3.82. The van der Waals surface area contributed by atoms with Crippen LogP contribution in [0, 0.1) is 5.82 Å². The van der Waals surface area contributed by atoms with Crippen LogP contribution in [-0.2, 0) is 14.8 Å². The topological polar surface area (TPSA) is 86.8 Å². The molecule has 0 spiro atoms. The maximum absolute atomic E-state index is 13.7. The van der Waals surface area contributed by atoms with Crippen molar-refractivity contribution in [2.45, 2.75) is 10.9 Å². The van der Waals surface area contributed by atoms with Gasteiger partial charge in [-0.1, -0.05) is 28.1 Å². The molecule has 3 aromatic carbocycles. The monoisotopic (exact) mass is 545 g/mol. The number of fused-ring (bicyclic) bond motifs is 1. The number of nitrogens with zero attached hydrogens (tertiary/aromatic N) is 2. The Morgan fingerprint density at radius 3 is 2.32 bits per heavy atom. The summed E-state index contributed by atoms with van der Waals surface area (Å²) in [5, 5.41) is 2.83. The maximum atomic E-state index is 13.7. The minimum Gasteiger partial charge on any atom is -0.324 e. The Kier molecular flexibility index (Phi) is 6.57. The van der Waals surface area contributed by atoms with E-state index in [9.17, 15) is 22.4 Å². The van der Waals surface area contributed by atoms with Crippen molar-refractivity contribution in [3.63, 3.8) is 0 Å². The summed E-state index contributed by atoms with van der Waals surface area (Å²) in [6.45, 7) is -0.245. The summed E-state index contributed by atoms with van der Waals surface area (Å²) in [6.07, 6.45) is 0. The lowest BCUT2D eigenvalue weighted by molar-refractivity contribution is -0.117. The number of hydrogen-bond acceptors (Lipinski definition) is 4. The molecule has 4 rings (SSSR count). The van der Waals surface area contributed by atoms with Gasteiger partial charge in [-0.25, -0.2) is 17.1 Å². The molecule has 1 atom stereocenters. The summed E-state index contributed by atoms with van der Waals surface area (Å²) in [7, 11) is -0.810. The van der Waals surface area contributed by atoms with Gasteiger partial charge in [-0.3, -0.25) is 9.59 Å².